The highest BCUT2D eigenvalue weighted by Gasteiger charge is 2.35. The van der Waals surface area contributed by atoms with Crippen molar-refractivity contribution >= 4 is 41.0 Å². The Hall–Kier alpha value is -1.91. The summed E-state index contributed by atoms with van der Waals surface area (Å²) in [5, 5.41) is 17.1. The Morgan fingerprint density at radius 2 is 1.69 bits per heavy atom. The van der Waals surface area contributed by atoms with Crippen LogP contribution in [0, 0.1) is 0 Å². The van der Waals surface area contributed by atoms with Crippen LogP contribution in [0.4, 0.5) is 0 Å². The second-order valence-electron chi connectivity index (χ2n) is 6.73. The first-order valence-corrected chi connectivity index (χ1v) is 9.99. The van der Waals surface area contributed by atoms with Gasteiger partial charge in [0.1, 0.15) is 6.04 Å². The molecule has 1 aromatic rings. The number of carbonyl (C=O) groups excluding carboxylic acids is 2. The van der Waals surface area contributed by atoms with Gasteiger partial charge in [0.05, 0.1) is 21.7 Å². The molecule has 2 atom stereocenters. The molecule has 29 heavy (non-hydrogen) atoms. The highest BCUT2D eigenvalue weighted by atomic mass is 35.5. The number of halogens is 2. The Morgan fingerprint density at radius 3 is 2.28 bits per heavy atom. The minimum atomic E-state index is -0.833. The molecule has 2 amide bonds. The highest BCUT2D eigenvalue weighted by molar-refractivity contribution is 6.39. The minimum absolute atomic E-state index is 0.132. The monoisotopic (exact) mass is 445 g/mol. The number of hydrogen-bond donors (Lipinski definition) is 6. The average molecular weight is 446 g/mol. The molecule has 2 unspecified atom stereocenters. The van der Waals surface area contributed by atoms with Crippen LogP contribution in [0.15, 0.2) is 18.2 Å². The van der Waals surface area contributed by atoms with Crippen molar-refractivity contribution in [3.63, 3.8) is 0 Å². The molecule has 3 rings (SSSR count). The van der Waals surface area contributed by atoms with Gasteiger partial charge in [-0.05, 0) is 38.1 Å². The summed E-state index contributed by atoms with van der Waals surface area (Å²) in [6.07, 6.45) is 1.80. The number of aliphatic carboxylic acids is 1. The molecule has 0 aromatic heterocycles. The van der Waals surface area contributed by atoms with Gasteiger partial charge < -0.3 is 21.1 Å². The van der Waals surface area contributed by atoms with Crippen molar-refractivity contribution in [3.05, 3.63) is 33.8 Å². The van der Waals surface area contributed by atoms with Crippen LogP contribution in [0.5, 0.6) is 0 Å². The average Bonchev–Trinajstić information content (AvgIpc) is 3.10. The third-order valence-corrected chi connectivity index (χ3v) is 5.09. The summed E-state index contributed by atoms with van der Waals surface area (Å²) in [7, 11) is 0. The Labute approximate surface area is 178 Å². The van der Waals surface area contributed by atoms with Crippen LogP contribution < -0.4 is 26.8 Å². The maximum atomic E-state index is 12.5. The summed E-state index contributed by atoms with van der Waals surface area (Å²) in [6, 6.07) is 4.09. The fraction of sp³-hybridized carbons (Fsp3) is 0.500. The van der Waals surface area contributed by atoms with Crippen molar-refractivity contribution in [2.45, 2.75) is 37.9 Å². The summed E-state index contributed by atoms with van der Waals surface area (Å²) in [5.41, 5.74) is 6.06. The molecule has 11 heteroatoms. The maximum Gasteiger partial charge on any atom is 0.300 e. The van der Waals surface area contributed by atoms with Crippen LogP contribution in [0.25, 0.3) is 0 Å². The number of carboxylic acids is 1. The molecule has 1 aromatic carbocycles. The molecule has 9 nitrogen and oxygen atoms in total. The minimum Gasteiger partial charge on any atom is -0.481 e. The Bertz CT molecular complexity index is 719. The Balaban J connectivity index is 0.000000687. The lowest BCUT2D eigenvalue weighted by atomic mass is 10.0. The van der Waals surface area contributed by atoms with Gasteiger partial charge >= 0.3 is 0 Å². The van der Waals surface area contributed by atoms with Crippen molar-refractivity contribution in [2.24, 2.45) is 0 Å². The van der Waals surface area contributed by atoms with Crippen LogP contribution in [0.2, 0.25) is 10.0 Å². The molecule has 6 N–H and O–H groups in total. The molecule has 0 saturated carbocycles. The van der Waals surface area contributed by atoms with Crippen LogP contribution in [-0.2, 0) is 9.59 Å². The van der Waals surface area contributed by atoms with Crippen LogP contribution in [0.1, 0.15) is 30.1 Å². The molecular formula is C18H25Cl2N5O4. The zero-order chi connectivity index (χ0) is 21.4. The zero-order valence-electron chi connectivity index (χ0n) is 15.9. The second-order valence-corrected chi connectivity index (χ2v) is 7.55. The molecule has 160 valence electrons. The number of benzene rings is 1. The molecule has 2 heterocycles. The molecule has 2 fully saturated rings. The molecular weight excluding hydrogens is 421 g/mol. The van der Waals surface area contributed by atoms with Crippen molar-refractivity contribution in [1.82, 2.24) is 26.8 Å². The number of rotatable bonds is 4. The van der Waals surface area contributed by atoms with Crippen LogP contribution >= 0.6 is 23.2 Å². The molecule has 2 aliphatic heterocycles. The van der Waals surface area contributed by atoms with Gasteiger partial charge in [-0.1, -0.05) is 29.3 Å². The number of carboxylic acid groups (broad SMARTS) is 1. The smallest absolute Gasteiger partial charge is 0.300 e. The third-order valence-electron chi connectivity index (χ3n) is 4.46. The fourth-order valence-corrected chi connectivity index (χ4v) is 3.66. The third kappa shape index (κ3) is 7.13. The summed E-state index contributed by atoms with van der Waals surface area (Å²) in [5.74, 6) is -1.36. The van der Waals surface area contributed by atoms with Crippen molar-refractivity contribution in [1.29, 1.82) is 0 Å². The van der Waals surface area contributed by atoms with Gasteiger partial charge in [-0.3, -0.25) is 19.8 Å². The Morgan fingerprint density at radius 1 is 1.10 bits per heavy atom. The van der Waals surface area contributed by atoms with Crippen molar-refractivity contribution < 1.29 is 19.5 Å². The number of amides is 2. The quantitative estimate of drug-likeness (QED) is 0.398. The normalized spacial score (nSPS) is 21.6. The molecule has 0 aliphatic carbocycles. The van der Waals surface area contributed by atoms with Crippen LogP contribution in [0.3, 0.4) is 0 Å². The van der Waals surface area contributed by atoms with Gasteiger partial charge in [0, 0.05) is 19.5 Å². The van der Waals surface area contributed by atoms with E-state index in [4.69, 9.17) is 33.1 Å². The number of nitrogens with one attached hydrogen (secondary N) is 5. The number of piperidine rings is 1. The second kappa shape index (κ2) is 11.3. The summed E-state index contributed by atoms with van der Waals surface area (Å²) >= 11 is 12.2. The maximum absolute atomic E-state index is 12.5. The van der Waals surface area contributed by atoms with Gasteiger partial charge in [-0.2, -0.15) is 0 Å². The first-order valence-electron chi connectivity index (χ1n) is 9.23. The number of carbonyl (C=O) groups is 3. The van der Waals surface area contributed by atoms with Crippen LogP contribution in [-0.4, -0.2) is 60.6 Å². The molecule has 2 saturated heterocycles. The number of hydrogen-bond acceptors (Lipinski definition) is 6. The lowest BCUT2D eigenvalue weighted by Gasteiger charge is -2.26. The van der Waals surface area contributed by atoms with E-state index in [1.54, 1.807) is 18.2 Å². The molecule has 0 spiro atoms. The van der Waals surface area contributed by atoms with Crippen molar-refractivity contribution in [2.75, 3.05) is 19.6 Å². The topological polar surface area (TPSA) is 132 Å². The highest BCUT2D eigenvalue weighted by Crippen LogP contribution is 2.24. The molecule has 2 aliphatic rings. The van der Waals surface area contributed by atoms with Gasteiger partial charge in [-0.25, -0.2) is 5.43 Å². The lowest BCUT2D eigenvalue weighted by Crippen LogP contribution is -2.55. The summed E-state index contributed by atoms with van der Waals surface area (Å²) in [6.45, 7) is 3.30. The molecule has 0 bridgehead atoms. The first kappa shape index (κ1) is 23.4. The predicted molar refractivity (Wildman–Crippen MR) is 110 cm³/mol. The van der Waals surface area contributed by atoms with E-state index < -0.39 is 24.0 Å². The van der Waals surface area contributed by atoms with E-state index in [2.05, 4.69) is 26.8 Å². The predicted octanol–water partition coefficient (Wildman–Crippen LogP) is 0.527. The zero-order valence-corrected chi connectivity index (χ0v) is 17.4. The number of hydrazine groups is 1. The van der Waals surface area contributed by atoms with E-state index in [-0.39, 0.29) is 27.6 Å². The van der Waals surface area contributed by atoms with E-state index in [1.807, 2.05) is 0 Å². The van der Waals surface area contributed by atoms with Crippen molar-refractivity contribution in [3.8, 4) is 0 Å². The fourth-order valence-electron chi connectivity index (χ4n) is 3.09. The van der Waals surface area contributed by atoms with E-state index in [9.17, 15) is 9.59 Å². The van der Waals surface area contributed by atoms with Gasteiger partial charge in [0.25, 0.3) is 11.9 Å². The van der Waals surface area contributed by atoms with E-state index >= 15 is 0 Å². The SMILES string of the molecule is CC(=O)O.O=C(NC1CNNC1C(=O)NC1CCNCC1)c1c(Cl)cccc1Cl. The van der Waals surface area contributed by atoms with Gasteiger partial charge in [-0.15, -0.1) is 0 Å². The Kier molecular flexibility index (Phi) is 9.12. The first-order chi connectivity index (χ1) is 13.8. The van der Waals surface area contributed by atoms with Gasteiger partial charge in [0.2, 0.25) is 5.91 Å². The van der Waals surface area contributed by atoms with E-state index in [0.717, 1.165) is 32.9 Å². The largest absolute Gasteiger partial charge is 0.481 e. The van der Waals surface area contributed by atoms with Gasteiger partial charge in [0.15, 0.2) is 0 Å². The summed E-state index contributed by atoms with van der Waals surface area (Å²) < 4.78 is 0. The molecule has 0 radical (unpaired) electrons. The standard InChI is InChI=1S/C16H21Cl2N5O2.C2H4O2/c17-10-2-1-3-11(18)13(10)15(24)22-12-8-20-23-14(12)16(25)21-9-4-6-19-7-5-9;1-2(3)4/h1-3,9,12,14,19-20,23H,4-8H2,(H,21,25)(H,22,24);1H3,(H,3,4). The summed E-state index contributed by atoms with van der Waals surface area (Å²) in [4.78, 5) is 34.1. The lowest BCUT2D eigenvalue weighted by molar-refractivity contribution is -0.134. The van der Waals surface area contributed by atoms with E-state index in [1.165, 1.54) is 0 Å². The van der Waals surface area contributed by atoms with E-state index in [0.29, 0.717) is 6.54 Å².